The lowest BCUT2D eigenvalue weighted by Gasteiger charge is -2.06. The Kier molecular flexibility index (Phi) is 4.80. The Morgan fingerprint density at radius 1 is 1.00 bits per heavy atom. The molecule has 2 aromatic carbocycles. The number of rotatable bonds is 4. The Labute approximate surface area is 129 Å². The Bertz CT molecular complexity index is 724. The molecule has 0 fully saturated rings. The molecule has 0 spiro atoms. The zero-order valence-electron chi connectivity index (χ0n) is 12.5. The van der Waals surface area contributed by atoms with Gasteiger partial charge in [0.15, 0.2) is 0 Å². The molecular formula is C17H18N2O3. The van der Waals surface area contributed by atoms with Crippen molar-refractivity contribution in [3.63, 3.8) is 0 Å². The third kappa shape index (κ3) is 3.65. The molecule has 0 aliphatic heterocycles. The van der Waals surface area contributed by atoms with Crippen LogP contribution in [0.4, 0.5) is 11.4 Å². The summed E-state index contributed by atoms with van der Waals surface area (Å²) in [6.45, 7) is 1.97. The van der Waals surface area contributed by atoms with E-state index in [9.17, 15) is 4.79 Å². The van der Waals surface area contributed by atoms with Gasteiger partial charge in [-0.05, 0) is 47.9 Å². The van der Waals surface area contributed by atoms with Gasteiger partial charge >= 0.3 is 5.97 Å². The molecule has 0 aliphatic rings. The van der Waals surface area contributed by atoms with Crippen LogP contribution in [0.5, 0.6) is 0 Å². The average molecular weight is 298 g/mol. The SMILES string of the molecule is COOC(=O)c1cc(N)ccc1/C=C/c1ccc(N)cc1C. The van der Waals surface area contributed by atoms with Crippen LogP contribution in [0, 0.1) is 6.92 Å². The lowest BCUT2D eigenvalue weighted by atomic mass is 10.0. The van der Waals surface area contributed by atoms with Crippen molar-refractivity contribution in [3.05, 3.63) is 58.7 Å². The molecule has 2 aromatic rings. The number of aryl methyl sites for hydroxylation is 1. The van der Waals surface area contributed by atoms with Crippen molar-refractivity contribution in [2.45, 2.75) is 6.92 Å². The monoisotopic (exact) mass is 298 g/mol. The highest BCUT2D eigenvalue weighted by atomic mass is 17.2. The van der Waals surface area contributed by atoms with Gasteiger partial charge in [-0.3, -0.25) is 4.89 Å². The van der Waals surface area contributed by atoms with E-state index in [1.807, 2.05) is 37.3 Å². The highest BCUT2D eigenvalue weighted by Gasteiger charge is 2.12. The maximum Gasteiger partial charge on any atom is 0.373 e. The lowest BCUT2D eigenvalue weighted by molar-refractivity contribution is -0.216. The molecule has 0 saturated heterocycles. The second-order valence-electron chi connectivity index (χ2n) is 4.83. The number of anilines is 2. The van der Waals surface area contributed by atoms with Crippen LogP contribution in [-0.4, -0.2) is 13.1 Å². The highest BCUT2D eigenvalue weighted by molar-refractivity contribution is 5.95. The van der Waals surface area contributed by atoms with Crippen LogP contribution in [0.2, 0.25) is 0 Å². The van der Waals surface area contributed by atoms with Gasteiger partial charge in [0.25, 0.3) is 0 Å². The molecule has 0 radical (unpaired) electrons. The van der Waals surface area contributed by atoms with E-state index in [1.54, 1.807) is 18.2 Å². The fraction of sp³-hybridized carbons (Fsp3) is 0.118. The van der Waals surface area contributed by atoms with Crippen molar-refractivity contribution in [2.75, 3.05) is 18.6 Å². The van der Waals surface area contributed by atoms with Gasteiger partial charge in [-0.15, -0.1) is 0 Å². The third-order valence-electron chi connectivity index (χ3n) is 3.19. The first kappa shape index (κ1) is 15.6. The first-order valence-electron chi connectivity index (χ1n) is 6.70. The standard InChI is InChI=1S/C17H18N2O3/c1-11-9-14(18)7-5-12(11)3-4-13-6-8-15(19)10-16(13)17(20)22-21-2/h3-10H,18-19H2,1-2H3/b4-3+. The van der Waals surface area contributed by atoms with E-state index in [-0.39, 0.29) is 0 Å². The number of carbonyl (C=O) groups excluding carboxylic acids is 1. The fourth-order valence-corrected chi connectivity index (χ4v) is 2.08. The van der Waals surface area contributed by atoms with Gasteiger partial charge < -0.3 is 11.5 Å². The van der Waals surface area contributed by atoms with Gasteiger partial charge in [0.2, 0.25) is 0 Å². The van der Waals surface area contributed by atoms with Crippen LogP contribution in [0.25, 0.3) is 12.2 Å². The van der Waals surface area contributed by atoms with Gasteiger partial charge in [0, 0.05) is 11.4 Å². The molecule has 0 unspecified atom stereocenters. The van der Waals surface area contributed by atoms with Crippen molar-refractivity contribution in [1.29, 1.82) is 0 Å². The van der Waals surface area contributed by atoms with Crippen LogP contribution in [-0.2, 0) is 9.78 Å². The van der Waals surface area contributed by atoms with E-state index in [4.69, 9.17) is 11.5 Å². The minimum absolute atomic E-state index is 0.339. The van der Waals surface area contributed by atoms with Crippen LogP contribution in [0.15, 0.2) is 36.4 Å². The van der Waals surface area contributed by atoms with Crippen molar-refractivity contribution >= 4 is 29.5 Å². The fourth-order valence-electron chi connectivity index (χ4n) is 2.08. The van der Waals surface area contributed by atoms with E-state index in [0.717, 1.165) is 11.1 Å². The maximum absolute atomic E-state index is 11.9. The molecule has 0 amide bonds. The van der Waals surface area contributed by atoms with Crippen LogP contribution < -0.4 is 11.5 Å². The van der Waals surface area contributed by atoms with Crippen molar-refractivity contribution in [2.24, 2.45) is 0 Å². The molecule has 22 heavy (non-hydrogen) atoms. The Balaban J connectivity index is 2.36. The van der Waals surface area contributed by atoms with Gasteiger partial charge in [0.05, 0.1) is 12.7 Å². The molecule has 0 bridgehead atoms. The van der Waals surface area contributed by atoms with E-state index >= 15 is 0 Å². The summed E-state index contributed by atoms with van der Waals surface area (Å²) in [5.74, 6) is -0.594. The Morgan fingerprint density at radius 3 is 2.23 bits per heavy atom. The predicted octanol–water partition coefficient (Wildman–Crippen LogP) is 3.05. The summed E-state index contributed by atoms with van der Waals surface area (Å²) in [5.41, 5.74) is 15.7. The van der Waals surface area contributed by atoms with E-state index < -0.39 is 5.97 Å². The molecule has 5 nitrogen and oxygen atoms in total. The van der Waals surface area contributed by atoms with Crippen LogP contribution >= 0.6 is 0 Å². The molecule has 114 valence electrons. The Hall–Kier alpha value is -2.79. The number of benzene rings is 2. The average Bonchev–Trinajstić information content (AvgIpc) is 2.47. The quantitative estimate of drug-likeness (QED) is 0.392. The zero-order chi connectivity index (χ0) is 16.1. The largest absolute Gasteiger partial charge is 0.399 e. The molecule has 0 heterocycles. The topological polar surface area (TPSA) is 87.6 Å². The minimum atomic E-state index is -0.594. The normalized spacial score (nSPS) is 10.8. The molecule has 0 aromatic heterocycles. The summed E-state index contributed by atoms with van der Waals surface area (Å²) in [4.78, 5) is 20.9. The summed E-state index contributed by atoms with van der Waals surface area (Å²) in [6.07, 6.45) is 3.73. The maximum atomic E-state index is 11.9. The van der Waals surface area contributed by atoms with Gasteiger partial charge in [-0.2, -0.15) is 4.89 Å². The van der Waals surface area contributed by atoms with Crippen molar-refractivity contribution in [1.82, 2.24) is 0 Å². The van der Waals surface area contributed by atoms with Crippen molar-refractivity contribution in [3.8, 4) is 0 Å². The summed E-state index contributed by atoms with van der Waals surface area (Å²) in [7, 11) is 1.28. The highest BCUT2D eigenvalue weighted by Crippen LogP contribution is 2.20. The van der Waals surface area contributed by atoms with Crippen molar-refractivity contribution < 1.29 is 14.6 Å². The predicted molar refractivity (Wildman–Crippen MR) is 87.8 cm³/mol. The molecule has 0 saturated carbocycles. The first-order chi connectivity index (χ1) is 10.5. The van der Waals surface area contributed by atoms with E-state index in [2.05, 4.69) is 9.78 Å². The van der Waals surface area contributed by atoms with Gasteiger partial charge in [-0.25, -0.2) is 4.79 Å². The number of carbonyl (C=O) groups is 1. The molecule has 0 aliphatic carbocycles. The molecule has 2 rings (SSSR count). The Morgan fingerprint density at radius 2 is 1.59 bits per heavy atom. The van der Waals surface area contributed by atoms with Gasteiger partial charge in [-0.1, -0.05) is 24.3 Å². The summed E-state index contributed by atoms with van der Waals surface area (Å²) in [6, 6.07) is 10.7. The number of hydrogen-bond donors (Lipinski definition) is 2. The number of nitrogens with two attached hydrogens (primary N) is 2. The summed E-state index contributed by atoms with van der Waals surface area (Å²) >= 11 is 0. The van der Waals surface area contributed by atoms with E-state index in [0.29, 0.717) is 22.5 Å². The van der Waals surface area contributed by atoms with Gasteiger partial charge in [0.1, 0.15) is 0 Å². The second kappa shape index (κ2) is 6.78. The smallest absolute Gasteiger partial charge is 0.373 e. The molecular weight excluding hydrogens is 280 g/mol. The molecule has 5 heteroatoms. The summed E-state index contributed by atoms with van der Waals surface area (Å²) < 4.78 is 0. The first-order valence-corrected chi connectivity index (χ1v) is 6.70. The van der Waals surface area contributed by atoms with Crippen LogP contribution in [0.1, 0.15) is 27.0 Å². The third-order valence-corrected chi connectivity index (χ3v) is 3.19. The number of nitrogen functional groups attached to an aromatic ring is 2. The number of hydrogen-bond acceptors (Lipinski definition) is 5. The minimum Gasteiger partial charge on any atom is -0.399 e. The summed E-state index contributed by atoms with van der Waals surface area (Å²) in [5, 5.41) is 0. The zero-order valence-corrected chi connectivity index (χ0v) is 12.5. The molecule has 0 atom stereocenters. The van der Waals surface area contributed by atoms with Crippen LogP contribution in [0.3, 0.4) is 0 Å². The second-order valence-corrected chi connectivity index (χ2v) is 4.83. The van der Waals surface area contributed by atoms with E-state index in [1.165, 1.54) is 7.11 Å². The lowest BCUT2D eigenvalue weighted by Crippen LogP contribution is -2.06. The molecule has 4 N–H and O–H groups in total.